The number of amides is 2. The van der Waals surface area contributed by atoms with Gasteiger partial charge in [0.15, 0.2) is 0 Å². The van der Waals surface area contributed by atoms with Gasteiger partial charge in [0.25, 0.3) is 11.8 Å². The zero-order chi connectivity index (χ0) is 20.4. The number of hydrogen-bond donors (Lipinski definition) is 2. The Kier molecular flexibility index (Phi) is 4.75. The van der Waals surface area contributed by atoms with Gasteiger partial charge in [0.05, 0.1) is 0 Å². The lowest BCUT2D eigenvalue weighted by Crippen LogP contribution is -2.17. The number of ether oxygens (including phenoxy) is 1. The summed E-state index contributed by atoms with van der Waals surface area (Å²) in [7, 11) is 0. The molecule has 0 unspecified atom stereocenters. The maximum Gasteiger partial charge on any atom is 0.286 e. The van der Waals surface area contributed by atoms with Crippen molar-refractivity contribution in [1.82, 2.24) is 0 Å². The second kappa shape index (κ2) is 7.52. The van der Waals surface area contributed by atoms with Crippen LogP contribution in [-0.4, -0.2) is 11.8 Å². The topological polar surface area (TPSA) is 94.6 Å². The normalized spacial score (nSPS) is 10.7. The number of furan rings is 1. The molecule has 0 radical (unpaired) electrons. The first-order chi connectivity index (χ1) is 14.0. The van der Waals surface area contributed by atoms with Crippen LogP contribution in [0.3, 0.4) is 0 Å². The van der Waals surface area contributed by atoms with Gasteiger partial charge in [-0.15, -0.1) is 0 Å². The number of primary amides is 1. The van der Waals surface area contributed by atoms with Gasteiger partial charge in [0.2, 0.25) is 5.76 Å². The maximum atomic E-state index is 12.7. The largest absolute Gasteiger partial charge is 0.457 e. The Balaban J connectivity index is 1.58. The van der Waals surface area contributed by atoms with Crippen LogP contribution >= 0.6 is 0 Å². The van der Waals surface area contributed by atoms with Gasteiger partial charge in [0, 0.05) is 10.9 Å². The first-order valence-electron chi connectivity index (χ1n) is 8.98. The molecule has 4 aromatic rings. The molecule has 29 heavy (non-hydrogen) atoms. The highest BCUT2D eigenvalue weighted by Crippen LogP contribution is 2.32. The average Bonchev–Trinajstić information content (AvgIpc) is 3.07. The number of hydrogen-bond acceptors (Lipinski definition) is 4. The van der Waals surface area contributed by atoms with Gasteiger partial charge in [-0.1, -0.05) is 24.3 Å². The van der Waals surface area contributed by atoms with Crippen molar-refractivity contribution in [1.29, 1.82) is 0 Å². The number of benzene rings is 3. The maximum absolute atomic E-state index is 12.7. The Morgan fingerprint density at radius 3 is 2.31 bits per heavy atom. The van der Waals surface area contributed by atoms with Crippen molar-refractivity contribution in [3.63, 3.8) is 0 Å². The number of rotatable bonds is 5. The van der Waals surface area contributed by atoms with Gasteiger partial charge in [-0.2, -0.15) is 0 Å². The molecule has 0 atom stereocenters. The van der Waals surface area contributed by atoms with Crippen molar-refractivity contribution in [2.75, 3.05) is 5.32 Å². The number of nitrogens with one attached hydrogen (secondary N) is 1. The SMILES string of the molecule is Cc1ccc2c(NC(=O)c3ccc(Oc4ccccc4)cc3)c(C(N)=O)oc2c1. The Hall–Kier alpha value is -4.06. The molecule has 0 aliphatic rings. The van der Waals surface area contributed by atoms with Gasteiger partial charge in [-0.05, 0) is 61.0 Å². The van der Waals surface area contributed by atoms with Crippen molar-refractivity contribution in [2.45, 2.75) is 6.92 Å². The molecule has 144 valence electrons. The quantitative estimate of drug-likeness (QED) is 0.511. The van der Waals surface area contributed by atoms with Crippen LogP contribution in [0.5, 0.6) is 11.5 Å². The van der Waals surface area contributed by atoms with Crippen LogP contribution in [0.4, 0.5) is 5.69 Å². The van der Waals surface area contributed by atoms with Crippen LogP contribution < -0.4 is 15.8 Å². The molecule has 0 saturated heterocycles. The van der Waals surface area contributed by atoms with E-state index in [4.69, 9.17) is 14.9 Å². The molecule has 4 rings (SSSR count). The highest BCUT2D eigenvalue weighted by atomic mass is 16.5. The standard InChI is InChI=1S/C23H18N2O4/c1-14-7-12-18-19(13-14)29-21(22(24)26)20(18)25-23(27)15-8-10-17(11-9-15)28-16-5-3-2-4-6-16/h2-13H,1H3,(H2,24,26)(H,25,27). The predicted molar refractivity (Wildman–Crippen MR) is 110 cm³/mol. The minimum absolute atomic E-state index is 0.0806. The summed E-state index contributed by atoms with van der Waals surface area (Å²) in [5.41, 5.74) is 7.55. The summed E-state index contributed by atoms with van der Waals surface area (Å²) in [6.07, 6.45) is 0. The molecule has 0 aliphatic carbocycles. The lowest BCUT2D eigenvalue weighted by atomic mass is 10.1. The lowest BCUT2D eigenvalue weighted by Gasteiger charge is -2.08. The molecule has 2 amide bonds. The monoisotopic (exact) mass is 386 g/mol. The van der Waals surface area contributed by atoms with E-state index in [9.17, 15) is 9.59 Å². The summed E-state index contributed by atoms with van der Waals surface area (Å²) < 4.78 is 11.3. The van der Waals surface area contributed by atoms with Crippen molar-refractivity contribution >= 4 is 28.5 Å². The summed E-state index contributed by atoms with van der Waals surface area (Å²) in [4.78, 5) is 24.5. The number of anilines is 1. The molecule has 3 N–H and O–H groups in total. The minimum Gasteiger partial charge on any atom is -0.457 e. The number of carbonyl (C=O) groups is 2. The Morgan fingerprint density at radius 2 is 1.62 bits per heavy atom. The Morgan fingerprint density at radius 1 is 0.931 bits per heavy atom. The number of fused-ring (bicyclic) bond motifs is 1. The van der Waals surface area contributed by atoms with Crippen LogP contribution in [-0.2, 0) is 0 Å². The molecule has 0 bridgehead atoms. The fraction of sp³-hybridized carbons (Fsp3) is 0.0435. The van der Waals surface area contributed by atoms with E-state index in [2.05, 4.69) is 5.32 Å². The molecule has 6 heteroatoms. The third-order valence-electron chi connectivity index (χ3n) is 4.40. The molecule has 3 aromatic carbocycles. The summed E-state index contributed by atoms with van der Waals surface area (Å²) in [6, 6.07) is 21.5. The number of para-hydroxylation sites is 1. The van der Waals surface area contributed by atoms with Gasteiger partial charge >= 0.3 is 0 Å². The van der Waals surface area contributed by atoms with E-state index in [1.807, 2.05) is 43.3 Å². The van der Waals surface area contributed by atoms with Crippen LogP contribution in [0.2, 0.25) is 0 Å². The van der Waals surface area contributed by atoms with E-state index in [0.29, 0.717) is 28.0 Å². The van der Waals surface area contributed by atoms with Crippen LogP contribution in [0.1, 0.15) is 26.5 Å². The molecule has 1 heterocycles. The molecular formula is C23H18N2O4. The third-order valence-corrected chi connectivity index (χ3v) is 4.40. The Bertz CT molecular complexity index is 1200. The van der Waals surface area contributed by atoms with Crippen LogP contribution in [0.15, 0.2) is 77.2 Å². The van der Waals surface area contributed by atoms with Crippen molar-refractivity contribution in [3.05, 3.63) is 89.7 Å². The molecule has 1 aromatic heterocycles. The number of aryl methyl sites for hydroxylation is 1. The summed E-state index contributed by atoms with van der Waals surface area (Å²) in [5.74, 6) is 0.0940. The van der Waals surface area contributed by atoms with E-state index < -0.39 is 5.91 Å². The smallest absolute Gasteiger partial charge is 0.286 e. The fourth-order valence-corrected chi connectivity index (χ4v) is 2.99. The van der Waals surface area contributed by atoms with Gasteiger partial charge < -0.3 is 20.2 Å². The molecular weight excluding hydrogens is 368 g/mol. The molecule has 0 spiro atoms. The van der Waals surface area contributed by atoms with E-state index in [1.54, 1.807) is 36.4 Å². The Labute approximate surface area is 166 Å². The summed E-state index contributed by atoms with van der Waals surface area (Å²) in [6.45, 7) is 1.91. The van der Waals surface area contributed by atoms with Crippen molar-refractivity contribution in [2.24, 2.45) is 5.73 Å². The lowest BCUT2D eigenvalue weighted by molar-refractivity contribution is 0.0977. The van der Waals surface area contributed by atoms with Gasteiger partial charge in [0.1, 0.15) is 22.8 Å². The first kappa shape index (κ1) is 18.3. The average molecular weight is 386 g/mol. The predicted octanol–water partition coefficient (Wildman–Crippen LogP) is 4.88. The minimum atomic E-state index is -0.749. The fourth-order valence-electron chi connectivity index (χ4n) is 2.99. The van der Waals surface area contributed by atoms with E-state index >= 15 is 0 Å². The molecule has 0 aliphatic heterocycles. The molecule has 6 nitrogen and oxygen atoms in total. The third kappa shape index (κ3) is 3.82. The van der Waals surface area contributed by atoms with E-state index in [1.165, 1.54) is 0 Å². The zero-order valence-corrected chi connectivity index (χ0v) is 15.6. The van der Waals surface area contributed by atoms with Gasteiger partial charge in [-0.3, -0.25) is 9.59 Å². The highest BCUT2D eigenvalue weighted by Gasteiger charge is 2.21. The van der Waals surface area contributed by atoms with E-state index in [-0.39, 0.29) is 17.4 Å². The van der Waals surface area contributed by atoms with Gasteiger partial charge in [-0.25, -0.2) is 0 Å². The summed E-state index contributed by atoms with van der Waals surface area (Å²) in [5, 5.41) is 3.36. The number of nitrogens with two attached hydrogens (primary N) is 1. The highest BCUT2D eigenvalue weighted by molar-refractivity contribution is 6.14. The second-order valence-corrected chi connectivity index (χ2v) is 6.56. The zero-order valence-electron chi connectivity index (χ0n) is 15.6. The first-order valence-corrected chi connectivity index (χ1v) is 8.98. The molecule has 0 saturated carbocycles. The number of carbonyl (C=O) groups excluding carboxylic acids is 2. The second-order valence-electron chi connectivity index (χ2n) is 6.56. The molecule has 0 fully saturated rings. The van der Waals surface area contributed by atoms with E-state index in [0.717, 1.165) is 5.56 Å². The van der Waals surface area contributed by atoms with Crippen LogP contribution in [0.25, 0.3) is 11.0 Å². The summed E-state index contributed by atoms with van der Waals surface area (Å²) >= 11 is 0. The van der Waals surface area contributed by atoms with Crippen LogP contribution in [0, 0.1) is 6.92 Å². The van der Waals surface area contributed by atoms with Crippen molar-refractivity contribution < 1.29 is 18.7 Å². The van der Waals surface area contributed by atoms with Crippen molar-refractivity contribution in [3.8, 4) is 11.5 Å².